The van der Waals surface area contributed by atoms with Crippen molar-refractivity contribution in [1.82, 2.24) is 25.1 Å². The van der Waals surface area contributed by atoms with Crippen LogP contribution in [0.5, 0.6) is 5.75 Å². The highest BCUT2D eigenvalue weighted by Gasteiger charge is 2.11. The van der Waals surface area contributed by atoms with Crippen LogP contribution in [0.2, 0.25) is 0 Å². The summed E-state index contributed by atoms with van der Waals surface area (Å²) < 4.78 is 1.19. The Kier molecular flexibility index (Phi) is 10.5. The first-order valence-corrected chi connectivity index (χ1v) is 12.6. The Labute approximate surface area is 215 Å². The van der Waals surface area contributed by atoms with E-state index in [1.807, 2.05) is 0 Å². The number of aromatic amines is 1. The zero-order valence-corrected chi connectivity index (χ0v) is 21.2. The maximum absolute atomic E-state index is 12.6. The van der Waals surface area contributed by atoms with Gasteiger partial charge in [0, 0.05) is 38.7 Å². The molecule has 0 fully saturated rings. The molecule has 0 saturated heterocycles. The van der Waals surface area contributed by atoms with Gasteiger partial charge in [0.05, 0.1) is 10.9 Å². The molecule has 10 heteroatoms. The van der Waals surface area contributed by atoms with Crippen LogP contribution in [0.25, 0.3) is 10.9 Å². The Bertz CT molecular complexity index is 1300. The molecule has 0 unspecified atom stereocenters. The van der Waals surface area contributed by atoms with Gasteiger partial charge in [0.1, 0.15) is 5.75 Å². The summed E-state index contributed by atoms with van der Waals surface area (Å²) in [5.41, 5.74) is 0.271. The Morgan fingerprint density at radius 1 is 0.919 bits per heavy atom. The lowest BCUT2D eigenvalue weighted by molar-refractivity contribution is -0.129. The summed E-state index contributed by atoms with van der Waals surface area (Å²) in [5.74, 6) is -0.0711. The van der Waals surface area contributed by atoms with Crippen LogP contribution in [0.4, 0.5) is 0 Å². The number of aromatic nitrogens is 2. The average molecular weight is 510 g/mol. The number of aromatic hydroxyl groups is 1. The van der Waals surface area contributed by atoms with Gasteiger partial charge in [0.2, 0.25) is 5.91 Å². The van der Waals surface area contributed by atoms with Crippen LogP contribution in [0.15, 0.2) is 58.1 Å². The zero-order chi connectivity index (χ0) is 26.6. The molecule has 0 spiro atoms. The number of amides is 2. The van der Waals surface area contributed by atoms with E-state index in [0.29, 0.717) is 42.5 Å². The van der Waals surface area contributed by atoms with Crippen molar-refractivity contribution >= 4 is 22.7 Å². The highest BCUT2D eigenvalue weighted by molar-refractivity contribution is 5.94. The molecule has 1 heterocycles. The second-order valence-corrected chi connectivity index (χ2v) is 8.91. The van der Waals surface area contributed by atoms with Gasteiger partial charge >= 0.3 is 5.69 Å². The molecule has 4 N–H and O–H groups in total. The fourth-order valence-corrected chi connectivity index (χ4v) is 4.06. The van der Waals surface area contributed by atoms with Crippen molar-refractivity contribution < 1.29 is 14.7 Å². The van der Waals surface area contributed by atoms with Gasteiger partial charge in [-0.05, 0) is 75.2 Å². The van der Waals surface area contributed by atoms with Crippen molar-refractivity contribution in [3.05, 3.63) is 74.9 Å². The molecule has 0 atom stereocenters. The number of unbranched alkanes of at least 4 members (excludes halogenated alkanes) is 1. The van der Waals surface area contributed by atoms with E-state index in [1.165, 1.54) is 23.6 Å². The molecule has 3 rings (SSSR count). The molecule has 37 heavy (non-hydrogen) atoms. The summed E-state index contributed by atoms with van der Waals surface area (Å²) in [6.07, 6.45) is 3.03. The van der Waals surface area contributed by atoms with Gasteiger partial charge in [-0.3, -0.25) is 19.0 Å². The SMILES string of the molecule is CC(=O)N(CCCCNCCCNC(=O)c1ccc(O)cc1)CCCn1c(=O)[nH]c2ccccc2c1=O. The van der Waals surface area contributed by atoms with E-state index in [0.717, 1.165) is 32.4 Å². The van der Waals surface area contributed by atoms with Crippen molar-refractivity contribution in [2.75, 3.05) is 32.7 Å². The van der Waals surface area contributed by atoms with Gasteiger partial charge in [0.25, 0.3) is 11.5 Å². The number of phenols is 1. The molecule has 10 nitrogen and oxygen atoms in total. The molecular formula is C27H35N5O5. The largest absolute Gasteiger partial charge is 0.508 e. The van der Waals surface area contributed by atoms with E-state index >= 15 is 0 Å². The second-order valence-electron chi connectivity index (χ2n) is 8.91. The molecule has 0 saturated carbocycles. The predicted octanol–water partition coefficient (Wildman–Crippen LogP) is 1.82. The number of carbonyl (C=O) groups is 2. The minimum absolute atomic E-state index is 0.0305. The maximum atomic E-state index is 12.6. The molecule has 0 aliphatic heterocycles. The minimum Gasteiger partial charge on any atom is -0.508 e. The van der Waals surface area contributed by atoms with E-state index in [1.54, 1.807) is 41.3 Å². The molecule has 1 aromatic heterocycles. The molecule has 0 bridgehead atoms. The maximum Gasteiger partial charge on any atom is 0.328 e. The summed E-state index contributed by atoms with van der Waals surface area (Å²) in [7, 11) is 0. The Hall–Kier alpha value is -3.92. The molecule has 0 aliphatic rings. The number of rotatable bonds is 14. The van der Waals surface area contributed by atoms with Crippen LogP contribution in [-0.4, -0.2) is 64.1 Å². The fourth-order valence-electron chi connectivity index (χ4n) is 4.06. The number of carbonyl (C=O) groups excluding carboxylic acids is 2. The van der Waals surface area contributed by atoms with Crippen LogP contribution in [-0.2, 0) is 11.3 Å². The summed E-state index contributed by atoms with van der Waals surface area (Å²) in [6.45, 7) is 4.98. The molecule has 0 aliphatic carbocycles. The topological polar surface area (TPSA) is 137 Å². The van der Waals surface area contributed by atoms with E-state index < -0.39 is 5.69 Å². The molecule has 2 aromatic carbocycles. The first kappa shape index (κ1) is 27.7. The number of hydrogen-bond donors (Lipinski definition) is 4. The van der Waals surface area contributed by atoms with Crippen LogP contribution < -0.4 is 21.9 Å². The Balaban J connectivity index is 1.30. The third kappa shape index (κ3) is 8.32. The average Bonchev–Trinajstić information content (AvgIpc) is 2.88. The summed E-state index contributed by atoms with van der Waals surface area (Å²) >= 11 is 0. The highest BCUT2D eigenvalue weighted by atomic mass is 16.3. The number of hydrogen-bond acceptors (Lipinski definition) is 6. The van der Waals surface area contributed by atoms with Gasteiger partial charge in [-0.2, -0.15) is 0 Å². The quantitative estimate of drug-likeness (QED) is 0.245. The summed E-state index contributed by atoms with van der Waals surface area (Å²) in [4.78, 5) is 53.5. The summed E-state index contributed by atoms with van der Waals surface area (Å²) in [6, 6.07) is 13.0. The summed E-state index contributed by atoms with van der Waals surface area (Å²) in [5, 5.41) is 15.9. The first-order chi connectivity index (χ1) is 17.9. The Morgan fingerprint density at radius 2 is 1.62 bits per heavy atom. The van der Waals surface area contributed by atoms with E-state index in [2.05, 4.69) is 15.6 Å². The Morgan fingerprint density at radius 3 is 2.38 bits per heavy atom. The number of H-pyrrole nitrogens is 1. The van der Waals surface area contributed by atoms with Crippen molar-refractivity contribution in [1.29, 1.82) is 0 Å². The van der Waals surface area contributed by atoms with Crippen molar-refractivity contribution in [3.63, 3.8) is 0 Å². The lowest BCUT2D eigenvalue weighted by atomic mass is 10.2. The van der Waals surface area contributed by atoms with E-state index in [-0.39, 0.29) is 29.7 Å². The first-order valence-electron chi connectivity index (χ1n) is 12.6. The molecule has 198 valence electrons. The van der Waals surface area contributed by atoms with Crippen molar-refractivity contribution in [2.45, 2.75) is 39.2 Å². The van der Waals surface area contributed by atoms with E-state index in [4.69, 9.17) is 0 Å². The van der Waals surface area contributed by atoms with Gasteiger partial charge in [-0.15, -0.1) is 0 Å². The standard InChI is InChI=1S/C27H35N5O5/c1-20(33)31(18-7-19-32-26(36)23-8-2-3-9-24(23)30-27(32)37)17-5-4-14-28-15-6-16-29-25(35)21-10-12-22(34)13-11-21/h2-3,8-13,28,34H,4-7,14-19H2,1H3,(H,29,35)(H,30,37). The molecule has 0 radical (unpaired) electrons. The van der Waals surface area contributed by atoms with Crippen LogP contribution in [0.1, 0.15) is 43.0 Å². The van der Waals surface area contributed by atoms with Crippen LogP contribution in [0.3, 0.4) is 0 Å². The van der Waals surface area contributed by atoms with E-state index in [9.17, 15) is 24.3 Å². The predicted molar refractivity (Wildman–Crippen MR) is 143 cm³/mol. The zero-order valence-electron chi connectivity index (χ0n) is 21.2. The molecule has 3 aromatic rings. The lowest BCUT2D eigenvalue weighted by Crippen LogP contribution is -2.37. The van der Waals surface area contributed by atoms with Gasteiger partial charge < -0.3 is 25.6 Å². The lowest BCUT2D eigenvalue weighted by Gasteiger charge is -2.21. The van der Waals surface area contributed by atoms with Gasteiger partial charge in [-0.25, -0.2) is 4.79 Å². The number of para-hydroxylation sites is 1. The van der Waals surface area contributed by atoms with Crippen molar-refractivity contribution in [2.24, 2.45) is 0 Å². The molecule has 2 amide bonds. The van der Waals surface area contributed by atoms with Crippen LogP contribution >= 0.6 is 0 Å². The number of benzene rings is 2. The number of nitrogens with one attached hydrogen (secondary N) is 3. The second kappa shape index (κ2) is 14.0. The molecular weight excluding hydrogens is 474 g/mol. The van der Waals surface area contributed by atoms with Gasteiger partial charge in [-0.1, -0.05) is 12.1 Å². The fraction of sp³-hybridized carbons (Fsp3) is 0.407. The number of nitrogens with zero attached hydrogens (tertiary/aromatic N) is 2. The highest BCUT2D eigenvalue weighted by Crippen LogP contribution is 2.09. The third-order valence-electron chi connectivity index (χ3n) is 6.12. The smallest absolute Gasteiger partial charge is 0.328 e. The monoisotopic (exact) mass is 509 g/mol. The minimum atomic E-state index is -0.441. The van der Waals surface area contributed by atoms with Crippen LogP contribution in [0, 0.1) is 0 Å². The number of phenolic OH excluding ortho intramolecular Hbond substituents is 1. The normalized spacial score (nSPS) is 10.9. The third-order valence-corrected chi connectivity index (χ3v) is 6.12. The van der Waals surface area contributed by atoms with Gasteiger partial charge in [0.15, 0.2) is 0 Å². The van der Waals surface area contributed by atoms with Crippen molar-refractivity contribution in [3.8, 4) is 5.75 Å². The number of fused-ring (bicyclic) bond motifs is 1.